The van der Waals surface area contributed by atoms with Crippen molar-refractivity contribution in [1.82, 2.24) is 5.32 Å². The lowest BCUT2D eigenvalue weighted by molar-refractivity contribution is 0.336. The molecule has 104 valence electrons. The quantitative estimate of drug-likeness (QED) is 0.857. The first-order valence-electron chi connectivity index (χ1n) is 7.34. The van der Waals surface area contributed by atoms with Crippen LogP contribution in [0.4, 0.5) is 4.39 Å². The molecule has 19 heavy (non-hydrogen) atoms. The molecule has 1 nitrogen and oxygen atoms in total. The fraction of sp³-hybridized carbons (Fsp3) is 0.625. The fourth-order valence-electron chi connectivity index (χ4n) is 3.68. The van der Waals surface area contributed by atoms with Crippen LogP contribution in [-0.2, 0) is 6.42 Å². The summed E-state index contributed by atoms with van der Waals surface area (Å²) in [6.07, 6.45) is 5.25. The van der Waals surface area contributed by atoms with E-state index >= 15 is 0 Å². The second-order valence-corrected chi connectivity index (χ2v) is 6.95. The number of benzene rings is 1. The summed E-state index contributed by atoms with van der Waals surface area (Å²) in [4.78, 5) is 0. The summed E-state index contributed by atoms with van der Waals surface area (Å²) in [5.41, 5.74) is 1.22. The van der Waals surface area contributed by atoms with Crippen LogP contribution in [0, 0.1) is 23.6 Å². The first-order chi connectivity index (χ1) is 9.17. The first kappa shape index (κ1) is 13.6. The summed E-state index contributed by atoms with van der Waals surface area (Å²) >= 11 is 3.49. The van der Waals surface area contributed by atoms with Gasteiger partial charge in [-0.2, -0.15) is 0 Å². The zero-order valence-corrected chi connectivity index (χ0v) is 12.9. The standard InChI is InChI=1S/C16H21BrFN/c1-2-19-16(13-6-11-5-12(11)7-13)8-10-3-4-14(18)9-15(10)17/h3-4,9,11-13,16,19H,2,5-8H2,1H3. The molecule has 3 atom stereocenters. The average molecular weight is 326 g/mol. The van der Waals surface area contributed by atoms with Crippen molar-refractivity contribution in [3.63, 3.8) is 0 Å². The van der Waals surface area contributed by atoms with Crippen LogP contribution in [0.15, 0.2) is 22.7 Å². The third kappa shape index (κ3) is 3.03. The summed E-state index contributed by atoms with van der Waals surface area (Å²) in [5, 5.41) is 3.64. The highest BCUT2D eigenvalue weighted by molar-refractivity contribution is 9.10. The minimum atomic E-state index is -0.169. The number of hydrogen-bond acceptors (Lipinski definition) is 1. The Hall–Kier alpha value is -0.410. The SMILES string of the molecule is CCNC(Cc1ccc(F)cc1Br)C1CC2CC2C1. The Balaban J connectivity index is 1.69. The van der Waals surface area contributed by atoms with Crippen molar-refractivity contribution in [3.05, 3.63) is 34.1 Å². The Morgan fingerprint density at radius 1 is 1.32 bits per heavy atom. The maximum absolute atomic E-state index is 13.1. The van der Waals surface area contributed by atoms with Gasteiger partial charge >= 0.3 is 0 Å². The minimum Gasteiger partial charge on any atom is -0.314 e. The molecule has 3 unspecified atom stereocenters. The maximum Gasteiger partial charge on any atom is 0.124 e. The Bertz CT molecular complexity index is 452. The molecule has 0 radical (unpaired) electrons. The van der Waals surface area contributed by atoms with E-state index in [2.05, 4.69) is 28.2 Å². The van der Waals surface area contributed by atoms with E-state index in [4.69, 9.17) is 0 Å². The van der Waals surface area contributed by atoms with Gasteiger partial charge in [-0.1, -0.05) is 28.9 Å². The maximum atomic E-state index is 13.1. The van der Waals surface area contributed by atoms with Gasteiger partial charge in [-0.25, -0.2) is 4.39 Å². The lowest BCUT2D eigenvalue weighted by atomic mass is 9.89. The van der Waals surface area contributed by atoms with Crippen molar-refractivity contribution in [3.8, 4) is 0 Å². The molecule has 1 N–H and O–H groups in total. The third-order valence-corrected chi connectivity index (χ3v) is 5.51. The molecule has 0 amide bonds. The molecule has 0 aliphatic heterocycles. The van der Waals surface area contributed by atoms with Crippen molar-refractivity contribution >= 4 is 15.9 Å². The van der Waals surface area contributed by atoms with Gasteiger partial charge in [-0.3, -0.25) is 0 Å². The van der Waals surface area contributed by atoms with Crippen LogP contribution < -0.4 is 5.32 Å². The van der Waals surface area contributed by atoms with E-state index in [1.165, 1.54) is 24.8 Å². The van der Waals surface area contributed by atoms with Crippen molar-refractivity contribution in [1.29, 1.82) is 0 Å². The van der Waals surface area contributed by atoms with Gasteiger partial charge in [0.05, 0.1) is 0 Å². The van der Waals surface area contributed by atoms with E-state index in [-0.39, 0.29) is 5.82 Å². The zero-order chi connectivity index (χ0) is 13.4. The zero-order valence-electron chi connectivity index (χ0n) is 11.3. The molecule has 3 heteroatoms. The van der Waals surface area contributed by atoms with Gasteiger partial charge in [0.25, 0.3) is 0 Å². The van der Waals surface area contributed by atoms with Gasteiger partial charge in [0.1, 0.15) is 5.82 Å². The van der Waals surface area contributed by atoms with Crippen molar-refractivity contribution in [2.45, 2.75) is 38.6 Å². The predicted octanol–water partition coefficient (Wildman–Crippen LogP) is 4.15. The van der Waals surface area contributed by atoms with Crippen LogP contribution in [-0.4, -0.2) is 12.6 Å². The van der Waals surface area contributed by atoms with E-state index in [9.17, 15) is 4.39 Å². The highest BCUT2D eigenvalue weighted by Crippen LogP contribution is 2.55. The van der Waals surface area contributed by atoms with Crippen LogP contribution in [0.2, 0.25) is 0 Å². The minimum absolute atomic E-state index is 0.169. The summed E-state index contributed by atoms with van der Waals surface area (Å²) < 4.78 is 14.0. The molecule has 0 aromatic heterocycles. The molecular weight excluding hydrogens is 305 g/mol. The molecule has 2 aliphatic carbocycles. The fourth-order valence-corrected chi connectivity index (χ4v) is 4.19. The lowest BCUT2D eigenvalue weighted by Gasteiger charge is -2.26. The molecule has 1 aromatic rings. The molecule has 3 rings (SSSR count). The van der Waals surface area contributed by atoms with Gasteiger partial charge in [0.15, 0.2) is 0 Å². The van der Waals surface area contributed by atoms with Crippen molar-refractivity contribution in [2.75, 3.05) is 6.54 Å². The van der Waals surface area contributed by atoms with E-state index in [1.54, 1.807) is 12.1 Å². The molecule has 0 heterocycles. The molecule has 2 aliphatic rings. The normalized spacial score (nSPS) is 30.2. The molecular formula is C16H21BrFN. The molecule has 2 saturated carbocycles. The monoisotopic (exact) mass is 325 g/mol. The molecule has 0 bridgehead atoms. The summed E-state index contributed by atoms with van der Waals surface area (Å²) in [5.74, 6) is 2.67. The van der Waals surface area contributed by atoms with Gasteiger partial charge in [0, 0.05) is 10.5 Å². The van der Waals surface area contributed by atoms with Crippen LogP contribution in [0.3, 0.4) is 0 Å². The van der Waals surface area contributed by atoms with Crippen LogP contribution >= 0.6 is 15.9 Å². The Kier molecular flexibility index (Phi) is 3.95. The molecule has 0 saturated heterocycles. The van der Waals surface area contributed by atoms with Crippen LogP contribution in [0.5, 0.6) is 0 Å². The number of fused-ring (bicyclic) bond motifs is 1. The smallest absolute Gasteiger partial charge is 0.124 e. The van der Waals surface area contributed by atoms with Crippen LogP contribution in [0.25, 0.3) is 0 Å². The molecule has 2 fully saturated rings. The first-order valence-corrected chi connectivity index (χ1v) is 8.14. The van der Waals surface area contributed by atoms with Gasteiger partial charge in [-0.05, 0) is 67.7 Å². The number of hydrogen-bond donors (Lipinski definition) is 1. The highest BCUT2D eigenvalue weighted by atomic mass is 79.9. The largest absolute Gasteiger partial charge is 0.314 e. The Labute approximate surface area is 123 Å². The van der Waals surface area contributed by atoms with Gasteiger partial charge in [0.2, 0.25) is 0 Å². The van der Waals surface area contributed by atoms with E-state index in [0.29, 0.717) is 6.04 Å². The van der Waals surface area contributed by atoms with E-state index in [1.807, 2.05) is 6.07 Å². The number of halogens is 2. The summed E-state index contributed by atoms with van der Waals surface area (Å²) in [6, 6.07) is 5.60. The highest BCUT2D eigenvalue weighted by Gasteiger charge is 2.47. The second kappa shape index (κ2) is 5.53. The Morgan fingerprint density at radius 2 is 2.05 bits per heavy atom. The number of nitrogens with one attached hydrogen (secondary N) is 1. The van der Waals surface area contributed by atoms with Gasteiger partial charge in [-0.15, -0.1) is 0 Å². The predicted molar refractivity (Wildman–Crippen MR) is 79.6 cm³/mol. The second-order valence-electron chi connectivity index (χ2n) is 6.09. The van der Waals surface area contributed by atoms with E-state index < -0.39 is 0 Å². The summed E-state index contributed by atoms with van der Waals surface area (Å²) in [6.45, 7) is 3.18. The summed E-state index contributed by atoms with van der Waals surface area (Å²) in [7, 11) is 0. The van der Waals surface area contributed by atoms with Gasteiger partial charge < -0.3 is 5.32 Å². The van der Waals surface area contributed by atoms with Crippen molar-refractivity contribution < 1.29 is 4.39 Å². The van der Waals surface area contributed by atoms with Crippen LogP contribution in [0.1, 0.15) is 31.7 Å². The number of likely N-dealkylation sites (N-methyl/N-ethyl adjacent to an activating group) is 1. The van der Waals surface area contributed by atoms with Crippen molar-refractivity contribution in [2.24, 2.45) is 17.8 Å². The third-order valence-electron chi connectivity index (χ3n) is 4.77. The average Bonchev–Trinajstić information content (AvgIpc) is 2.98. The Morgan fingerprint density at radius 3 is 2.68 bits per heavy atom. The number of rotatable bonds is 5. The lowest BCUT2D eigenvalue weighted by Crippen LogP contribution is -2.37. The topological polar surface area (TPSA) is 12.0 Å². The molecule has 1 aromatic carbocycles. The molecule has 0 spiro atoms. The van der Waals surface area contributed by atoms with E-state index in [0.717, 1.165) is 35.2 Å².